The summed E-state index contributed by atoms with van der Waals surface area (Å²) in [6.07, 6.45) is 1.05. The van der Waals surface area contributed by atoms with Crippen LogP contribution in [0.2, 0.25) is 0 Å². The molecule has 4 rings (SSSR count). The Morgan fingerprint density at radius 3 is 2.23 bits per heavy atom. The van der Waals surface area contributed by atoms with Crippen LogP contribution < -0.4 is 29.6 Å². The number of methoxy groups -OCH3 is 1. The van der Waals surface area contributed by atoms with Gasteiger partial charge >= 0.3 is 24.8 Å². The van der Waals surface area contributed by atoms with E-state index in [-0.39, 0.29) is 36.0 Å². The molecule has 3 aromatic rings. The van der Waals surface area contributed by atoms with Gasteiger partial charge in [0.15, 0.2) is 0 Å². The van der Waals surface area contributed by atoms with Gasteiger partial charge in [-0.05, 0) is 29.5 Å². The van der Waals surface area contributed by atoms with Gasteiger partial charge in [-0.3, -0.25) is 0 Å². The average Bonchev–Trinajstić information content (AvgIpc) is 3.07. The Labute approximate surface area is 204 Å². The second-order valence-corrected chi connectivity index (χ2v) is 7.57. The number of rotatable bonds is 1. The predicted molar refractivity (Wildman–Crippen MR) is 114 cm³/mol. The molecule has 0 atom stereocenters. The summed E-state index contributed by atoms with van der Waals surface area (Å²) < 4.78 is 5.07. The van der Waals surface area contributed by atoms with Gasteiger partial charge in [0.05, 0.1) is 7.11 Å². The number of aromatic hydroxyl groups is 1. The van der Waals surface area contributed by atoms with Gasteiger partial charge in [-0.1, -0.05) is 56.2 Å². The van der Waals surface area contributed by atoms with Crippen LogP contribution >= 0.6 is 0 Å². The first-order chi connectivity index (χ1) is 13.4. The van der Waals surface area contributed by atoms with Gasteiger partial charge in [0, 0.05) is 6.07 Å². The summed E-state index contributed by atoms with van der Waals surface area (Å²) in [4.78, 5) is 3.25. The van der Waals surface area contributed by atoms with Crippen LogP contribution in [0, 0.1) is 6.07 Å². The smallest absolute Gasteiger partial charge is 0.0253 e. The molecule has 159 valence electrons. The van der Waals surface area contributed by atoms with Crippen LogP contribution in [-0.4, -0.2) is 17.0 Å². The van der Waals surface area contributed by atoms with Gasteiger partial charge in [-0.2, -0.15) is 29.8 Å². The van der Waals surface area contributed by atoms with E-state index >= 15 is 0 Å². The second-order valence-electron chi connectivity index (χ2n) is 7.57. The number of phenolic OH excluding ortho intramolecular Hbond substituents is 1. The zero-order valence-electron chi connectivity index (χ0n) is 17.8. The molecule has 0 saturated carbocycles. The molecule has 0 aliphatic heterocycles. The third-order valence-electron chi connectivity index (χ3n) is 4.61. The molecular formula is C25H27Cl2O2Ti-2. The molecular weight excluding hydrogens is 451 g/mol. The van der Waals surface area contributed by atoms with Gasteiger partial charge < -0.3 is 34.7 Å². The molecule has 2 nitrogen and oxygen atoms in total. The van der Waals surface area contributed by atoms with Crippen molar-refractivity contribution in [3.63, 3.8) is 0 Å². The quantitative estimate of drug-likeness (QED) is 0.302. The Kier molecular flexibility index (Phi) is 12.3. The number of benzene rings is 3. The van der Waals surface area contributed by atoms with Crippen molar-refractivity contribution in [3.05, 3.63) is 83.4 Å². The number of fused-ring (bicyclic) bond motifs is 3. The minimum absolute atomic E-state index is 0. The fraction of sp³-hybridized carbons (Fsp3) is 0.240. The van der Waals surface area contributed by atoms with Crippen LogP contribution in [-0.2, 0) is 31.8 Å². The number of hydrogen-bond donors (Lipinski definition) is 1. The minimum atomic E-state index is 0. The predicted octanol–water partition coefficient (Wildman–Crippen LogP) is -0.271. The monoisotopic (exact) mass is 477 g/mol. The van der Waals surface area contributed by atoms with Crippen molar-refractivity contribution in [1.82, 2.24) is 0 Å². The summed E-state index contributed by atoms with van der Waals surface area (Å²) in [5, 5.41) is 9.41. The van der Waals surface area contributed by atoms with E-state index in [1.165, 1.54) is 22.3 Å². The maximum absolute atomic E-state index is 9.41. The first-order valence-corrected chi connectivity index (χ1v) is 10.3. The van der Waals surface area contributed by atoms with Crippen molar-refractivity contribution in [2.75, 3.05) is 7.11 Å². The van der Waals surface area contributed by atoms with E-state index in [0.717, 1.165) is 12.0 Å². The van der Waals surface area contributed by atoms with E-state index in [0.29, 0.717) is 5.75 Å². The van der Waals surface area contributed by atoms with E-state index in [4.69, 9.17) is 4.74 Å². The summed E-state index contributed by atoms with van der Waals surface area (Å²) in [6, 6.07) is 23.4. The van der Waals surface area contributed by atoms with Crippen molar-refractivity contribution >= 4 is 4.82 Å². The van der Waals surface area contributed by atoms with Crippen LogP contribution in [0.4, 0.5) is 0 Å². The third-order valence-corrected chi connectivity index (χ3v) is 4.61. The van der Waals surface area contributed by atoms with Crippen molar-refractivity contribution in [1.29, 1.82) is 0 Å². The van der Waals surface area contributed by atoms with Crippen LogP contribution in [0.1, 0.15) is 37.5 Å². The molecule has 1 aliphatic rings. The normalized spacial score (nSPS) is 10.5. The Hall–Kier alpha value is -1.58. The number of phenols is 1. The Morgan fingerprint density at radius 2 is 1.60 bits per heavy atom. The van der Waals surface area contributed by atoms with Gasteiger partial charge in [-0.15, -0.1) is 5.56 Å². The minimum Gasteiger partial charge on any atom is -1.00 e. The summed E-state index contributed by atoms with van der Waals surface area (Å²) in [7, 11) is 1.60. The molecule has 0 heterocycles. The standard InChI is InChI=1S/C13H9.C11H16O2.CH2.2ClH.Ti/c1-3-7-12-10(5-1)9-11-6-2-4-8-13(11)12;1-11(2,3)8-5-9(12)7-10(6-8)13-4;;;;/h1-5,7-8H,9H2;5-7,12H,1-4H3;1H2;2*1H;/q-1;;;;;+1/p-2. The second kappa shape index (κ2) is 13.0. The van der Waals surface area contributed by atoms with Crippen molar-refractivity contribution < 1.29 is 54.6 Å². The van der Waals surface area contributed by atoms with Crippen LogP contribution in [0.15, 0.2) is 60.7 Å². The van der Waals surface area contributed by atoms with E-state index in [9.17, 15) is 5.11 Å². The molecule has 0 aromatic heterocycles. The number of halogens is 2. The zero-order chi connectivity index (χ0) is 20.7. The van der Waals surface area contributed by atoms with Gasteiger partial charge in [0.25, 0.3) is 0 Å². The third kappa shape index (κ3) is 7.28. The summed E-state index contributed by atoms with van der Waals surface area (Å²) in [5.41, 5.74) is 6.62. The number of ether oxygens (including phenoxy) is 1. The largest absolute Gasteiger partial charge is 1.00 e. The van der Waals surface area contributed by atoms with Crippen molar-refractivity contribution in [2.45, 2.75) is 32.6 Å². The number of hydrogen-bond acceptors (Lipinski definition) is 2. The molecule has 0 fully saturated rings. The average molecular weight is 478 g/mol. The fourth-order valence-electron chi connectivity index (χ4n) is 3.13. The first kappa shape index (κ1) is 28.4. The molecule has 0 amide bonds. The summed E-state index contributed by atoms with van der Waals surface area (Å²) in [6.45, 7) is 6.30. The molecule has 3 aromatic carbocycles. The van der Waals surface area contributed by atoms with Crippen LogP contribution in [0.5, 0.6) is 11.5 Å². The van der Waals surface area contributed by atoms with Crippen LogP contribution in [0.3, 0.4) is 0 Å². The van der Waals surface area contributed by atoms with E-state index in [1.807, 2.05) is 12.1 Å². The maximum Gasteiger partial charge on any atom is -0.0253 e. The van der Waals surface area contributed by atoms with Gasteiger partial charge in [0.2, 0.25) is 0 Å². The van der Waals surface area contributed by atoms with E-state index < -0.39 is 0 Å². The Bertz CT molecular complexity index is 893. The van der Waals surface area contributed by atoms with E-state index in [2.05, 4.69) is 68.1 Å². The topological polar surface area (TPSA) is 29.5 Å². The van der Waals surface area contributed by atoms with E-state index in [1.54, 1.807) is 39.2 Å². The Morgan fingerprint density at radius 1 is 0.967 bits per heavy atom. The molecule has 30 heavy (non-hydrogen) atoms. The zero-order valence-corrected chi connectivity index (χ0v) is 20.9. The van der Waals surface area contributed by atoms with Crippen molar-refractivity contribution in [2.24, 2.45) is 0 Å². The molecule has 5 heteroatoms. The Balaban J connectivity index is 0.000000488. The van der Waals surface area contributed by atoms with Gasteiger partial charge in [0.1, 0.15) is 11.5 Å². The summed E-state index contributed by atoms with van der Waals surface area (Å²) in [5.74, 6) is 0.953. The summed E-state index contributed by atoms with van der Waals surface area (Å²) >= 11 is 1.75. The molecule has 1 aliphatic carbocycles. The molecule has 0 unspecified atom stereocenters. The fourth-order valence-corrected chi connectivity index (χ4v) is 3.13. The first-order valence-electron chi connectivity index (χ1n) is 9.20. The molecule has 0 radical (unpaired) electrons. The van der Waals surface area contributed by atoms with Crippen LogP contribution in [0.25, 0.3) is 11.1 Å². The molecule has 0 bridgehead atoms. The maximum atomic E-state index is 9.41. The SMILES string of the molecule is COc1cc(O)cc(C(C)(C)C)c1.[CH2]=[Ti+].[Cl-].[Cl-].[c-]1cccc2c1Cc1ccccc1-2. The molecule has 0 saturated heterocycles. The molecule has 0 spiro atoms. The van der Waals surface area contributed by atoms with Crippen molar-refractivity contribution in [3.8, 4) is 22.6 Å². The molecule has 1 N–H and O–H groups in total. The van der Waals surface area contributed by atoms with Gasteiger partial charge in [-0.25, -0.2) is 0 Å².